The molecule has 0 aliphatic rings. The summed E-state index contributed by atoms with van der Waals surface area (Å²) in [6.07, 6.45) is 0. The average molecular weight is 314 g/mol. The maximum atomic E-state index is 6.05. The molecule has 1 nitrogen and oxygen atoms in total. The van der Waals surface area contributed by atoms with Gasteiger partial charge in [0.05, 0.1) is 6.04 Å². The van der Waals surface area contributed by atoms with Crippen LogP contribution in [0.15, 0.2) is 72.1 Å². The first-order chi connectivity index (χ1) is 10.3. The average Bonchev–Trinajstić information content (AvgIpc) is 3.03. The van der Waals surface area contributed by atoms with Crippen LogP contribution in [-0.2, 0) is 6.54 Å². The highest BCUT2D eigenvalue weighted by Gasteiger charge is 2.14. The van der Waals surface area contributed by atoms with Crippen LogP contribution in [-0.4, -0.2) is 0 Å². The van der Waals surface area contributed by atoms with Gasteiger partial charge in [-0.2, -0.15) is 0 Å². The lowest BCUT2D eigenvalue weighted by Gasteiger charge is -2.18. The third-order valence-electron chi connectivity index (χ3n) is 3.36. The molecule has 0 radical (unpaired) electrons. The Bertz CT molecular complexity index is 679. The van der Waals surface area contributed by atoms with Gasteiger partial charge in [0, 0.05) is 16.4 Å². The Kier molecular flexibility index (Phi) is 4.71. The lowest BCUT2D eigenvalue weighted by molar-refractivity contribution is 0.613. The topological polar surface area (TPSA) is 12.0 Å². The zero-order valence-corrected chi connectivity index (χ0v) is 13.1. The van der Waals surface area contributed by atoms with Gasteiger partial charge >= 0.3 is 0 Å². The molecule has 0 saturated heterocycles. The van der Waals surface area contributed by atoms with Crippen molar-refractivity contribution in [1.29, 1.82) is 0 Å². The molecular weight excluding hydrogens is 298 g/mol. The number of thiophene rings is 1. The fourth-order valence-corrected chi connectivity index (χ4v) is 3.39. The first kappa shape index (κ1) is 14.3. The Morgan fingerprint density at radius 2 is 1.81 bits per heavy atom. The van der Waals surface area contributed by atoms with Crippen molar-refractivity contribution in [3.05, 3.63) is 93.1 Å². The lowest BCUT2D eigenvalue weighted by Crippen LogP contribution is -2.21. The number of halogens is 1. The summed E-state index contributed by atoms with van der Waals surface area (Å²) in [4.78, 5) is 1.32. The van der Waals surface area contributed by atoms with Crippen molar-refractivity contribution in [3.63, 3.8) is 0 Å². The van der Waals surface area contributed by atoms with Crippen LogP contribution in [0.5, 0.6) is 0 Å². The highest BCUT2D eigenvalue weighted by atomic mass is 35.5. The summed E-state index contributed by atoms with van der Waals surface area (Å²) in [6, 6.07) is 23.0. The van der Waals surface area contributed by atoms with Crippen LogP contribution in [0.4, 0.5) is 0 Å². The molecule has 0 saturated carbocycles. The molecule has 3 rings (SSSR count). The van der Waals surface area contributed by atoms with Crippen molar-refractivity contribution in [2.75, 3.05) is 0 Å². The molecule has 106 valence electrons. The van der Waals surface area contributed by atoms with Gasteiger partial charge in [-0.1, -0.05) is 60.1 Å². The predicted octanol–water partition coefficient (Wildman–Crippen LogP) is 5.28. The molecule has 0 spiro atoms. The molecule has 0 amide bonds. The minimum Gasteiger partial charge on any atom is -0.301 e. The third kappa shape index (κ3) is 3.73. The molecule has 0 bridgehead atoms. The van der Waals surface area contributed by atoms with Crippen molar-refractivity contribution < 1.29 is 0 Å². The van der Waals surface area contributed by atoms with E-state index in [1.54, 1.807) is 11.3 Å². The predicted molar refractivity (Wildman–Crippen MR) is 90.9 cm³/mol. The summed E-state index contributed by atoms with van der Waals surface area (Å²) in [5, 5.41) is 6.53. The molecule has 0 aliphatic carbocycles. The van der Waals surface area contributed by atoms with Crippen LogP contribution in [0.2, 0.25) is 5.02 Å². The van der Waals surface area contributed by atoms with Crippen molar-refractivity contribution >= 4 is 22.9 Å². The van der Waals surface area contributed by atoms with Crippen molar-refractivity contribution in [2.45, 2.75) is 12.6 Å². The highest BCUT2D eigenvalue weighted by Crippen LogP contribution is 2.26. The molecule has 0 aliphatic heterocycles. The molecular formula is C18H16ClNS. The number of rotatable bonds is 5. The van der Waals surface area contributed by atoms with Crippen LogP contribution < -0.4 is 5.32 Å². The van der Waals surface area contributed by atoms with Gasteiger partial charge < -0.3 is 5.32 Å². The maximum absolute atomic E-state index is 6.05. The quantitative estimate of drug-likeness (QED) is 0.675. The Hall–Kier alpha value is -1.61. The SMILES string of the molecule is Clc1cccc(CNC(c2ccccc2)c2cccs2)c1. The van der Waals surface area contributed by atoms with Crippen molar-refractivity contribution in [3.8, 4) is 0 Å². The standard InChI is InChI=1S/C18H16ClNS/c19-16-9-4-6-14(12-16)13-20-18(17-10-5-11-21-17)15-7-2-1-3-8-15/h1-12,18,20H,13H2. The molecule has 1 N–H and O–H groups in total. The fraction of sp³-hybridized carbons (Fsp3) is 0.111. The smallest absolute Gasteiger partial charge is 0.0673 e. The first-order valence-corrected chi connectivity index (χ1v) is 8.15. The summed E-state index contributed by atoms with van der Waals surface area (Å²) in [6.45, 7) is 0.790. The van der Waals surface area contributed by atoms with Gasteiger partial charge in [-0.3, -0.25) is 0 Å². The molecule has 1 aromatic heterocycles. The lowest BCUT2D eigenvalue weighted by atomic mass is 10.0. The first-order valence-electron chi connectivity index (χ1n) is 6.89. The molecule has 1 heterocycles. The van der Waals surface area contributed by atoms with Gasteiger partial charge in [-0.15, -0.1) is 11.3 Å². The van der Waals surface area contributed by atoms with E-state index in [1.165, 1.54) is 16.0 Å². The van der Waals surface area contributed by atoms with E-state index in [-0.39, 0.29) is 6.04 Å². The van der Waals surface area contributed by atoms with Gasteiger partial charge in [-0.05, 0) is 34.7 Å². The van der Waals surface area contributed by atoms with Gasteiger partial charge in [-0.25, -0.2) is 0 Å². The van der Waals surface area contributed by atoms with E-state index in [0.717, 1.165) is 11.6 Å². The van der Waals surface area contributed by atoms with E-state index in [1.807, 2.05) is 24.3 Å². The van der Waals surface area contributed by atoms with E-state index in [4.69, 9.17) is 11.6 Å². The summed E-state index contributed by atoms with van der Waals surface area (Å²) >= 11 is 7.83. The van der Waals surface area contributed by atoms with Crippen molar-refractivity contribution in [2.24, 2.45) is 0 Å². The molecule has 1 atom stereocenters. The van der Waals surface area contributed by atoms with Crippen LogP contribution in [0, 0.1) is 0 Å². The summed E-state index contributed by atoms with van der Waals surface area (Å²) < 4.78 is 0. The second-order valence-electron chi connectivity index (χ2n) is 4.87. The van der Waals surface area contributed by atoms with Gasteiger partial charge in [0.25, 0.3) is 0 Å². The molecule has 2 aromatic carbocycles. The zero-order valence-electron chi connectivity index (χ0n) is 11.5. The van der Waals surface area contributed by atoms with Gasteiger partial charge in [0.1, 0.15) is 0 Å². The molecule has 21 heavy (non-hydrogen) atoms. The summed E-state index contributed by atoms with van der Waals surface area (Å²) in [5.74, 6) is 0. The Morgan fingerprint density at radius 1 is 0.952 bits per heavy atom. The zero-order chi connectivity index (χ0) is 14.5. The van der Waals surface area contributed by atoms with Crippen molar-refractivity contribution in [1.82, 2.24) is 5.32 Å². The van der Waals surface area contributed by atoms with Crippen LogP contribution >= 0.6 is 22.9 Å². The number of hydrogen-bond donors (Lipinski definition) is 1. The second-order valence-corrected chi connectivity index (χ2v) is 6.29. The van der Waals surface area contributed by atoms with Gasteiger partial charge in [0.15, 0.2) is 0 Å². The summed E-state index contributed by atoms with van der Waals surface area (Å²) in [7, 11) is 0. The largest absolute Gasteiger partial charge is 0.301 e. The van der Waals surface area contributed by atoms with E-state index in [9.17, 15) is 0 Å². The Morgan fingerprint density at radius 3 is 2.52 bits per heavy atom. The highest BCUT2D eigenvalue weighted by molar-refractivity contribution is 7.10. The molecule has 1 unspecified atom stereocenters. The number of nitrogens with one attached hydrogen (secondary N) is 1. The molecule has 0 fully saturated rings. The second kappa shape index (κ2) is 6.90. The molecule has 3 heteroatoms. The normalized spacial score (nSPS) is 12.2. The number of hydrogen-bond acceptors (Lipinski definition) is 2. The number of benzene rings is 2. The Labute approximate surface area is 134 Å². The summed E-state index contributed by atoms with van der Waals surface area (Å²) in [5.41, 5.74) is 2.47. The van der Waals surface area contributed by atoms with E-state index in [2.05, 4.69) is 53.2 Å². The van der Waals surface area contributed by atoms with Gasteiger partial charge in [0.2, 0.25) is 0 Å². The van der Waals surface area contributed by atoms with E-state index in [0.29, 0.717) is 0 Å². The van der Waals surface area contributed by atoms with E-state index < -0.39 is 0 Å². The minimum absolute atomic E-state index is 0.213. The monoisotopic (exact) mass is 313 g/mol. The van der Waals surface area contributed by atoms with Crippen LogP contribution in [0.1, 0.15) is 22.0 Å². The third-order valence-corrected chi connectivity index (χ3v) is 4.53. The van der Waals surface area contributed by atoms with Crippen LogP contribution in [0.25, 0.3) is 0 Å². The van der Waals surface area contributed by atoms with E-state index >= 15 is 0 Å². The fourth-order valence-electron chi connectivity index (χ4n) is 2.35. The molecule has 3 aromatic rings. The Balaban J connectivity index is 1.80. The van der Waals surface area contributed by atoms with Crippen LogP contribution in [0.3, 0.4) is 0 Å². The minimum atomic E-state index is 0.213. The maximum Gasteiger partial charge on any atom is 0.0673 e.